The van der Waals surface area contributed by atoms with E-state index in [1.54, 1.807) is 6.08 Å². The van der Waals surface area contributed by atoms with Gasteiger partial charge in [-0.15, -0.1) is 0 Å². The van der Waals surface area contributed by atoms with Crippen LogP contribution in [0.25, 0.3) is 0 Å². The third-order valence-corrected chi connectivity index (χ3v) is 9.53. The Morgan fingerprint density at radius 2 is 1.91 bits per heavy atom. The van der Waals surface area contributed by atoms with Crippen LogP contribution in [0.3, 0.4) is 0 Å². The Hall–Kier alpha value is -1.38. The molecule has 0 amide bonds. The first-order valence-electron chi connectivity index (χ1n) is 7.16. The molecule has 0 saturated carbocycles. The number of benzene rings is 1. The van der Waals surface area contributed by atoms with Crippen LogP contribution in [0.15, 0.2) is 41.4 Å². The molecule has 1 aromatic rings. The molecular formula is C16H14ClO4P. The summed E-state index contributed by atoms with van der Waals surface area (Å²) in [5, 5.41) is 1.25. The normalized spacial score (nSPS) is 42.8. The number of rotatable bonds is 1. The molecule has 22 heavy (non-hydrogen) atoms. The summed E-state index contributed by atoms with van der Waals surface area (Å²) in [7, 11) is -2.88. The molecule has 5 rings (SSSR count). The summed E-state index contributed by atoms with van der Waals surface area (Å²) in [5.41, 5.74) is -1.34. The highest BCUT2D eigenvalue weighted by atomic mass is 35.5. The molecule has 0 aromatic heterocycles. The number of carbonyl (C=O) groups is 2. The van der Waals surface area contributed by atoms with E-state index in [4.69, 9.17) is 16.3 Å². The fourth-order valence-electron chi connectivity index (χ4n) is 4.19. The number of hydrogen-bond donors (Lipinski definition) is 0. The fourth-order valence-corrected chi connectivity index (χ4v) is 8.65. The van der Waals surface area contributed by atoms with E-state index in [9.17, 15) is 14.2 Å². The Labute approximate surface area is 132 Å². The molecule has 5 unspecified atom stereocenters. The van der Waals surface area contributed by atoms with E-state index in [0.717, 1.165) is 5.30 Å². The zero-order chi connectivity index (χ0) is 15.7. The zero-order valence-corrected chi connectivity index (χ0v) is 13.5. The minimum atomic E-state index is -2.88. The van der Waals surface area contributed by atoms with Crippen LogP contribution in [0.1, 0.15) is 6.92 Å². The average molecular weight is 337 g/mol. The van der Waals surface area contributed by atoms with Crippen molar-refractivity contribution in [1.29, 1.82) is 0 Å². The average Bonchev–Trinajstić information content (AvgIpc) is 2.79. The van der Waals surface area contributed by atoms with Crippen LogP contribution < -0.4 is 5.30 Å². The molecule has 2 fully saturated rings. The molecule has 5 atom stereocenters. The van der Waals surface area contributed by atoms with Crippen molar-refractivity contribution in [3.8, 4) is 0 Å². The van der Waals surface area contributed by atoms with Crippen LogP contribution in [0.4, 0.5) is 0 Å². The molecule has 1 aliphatic carbocycles. The van der Waals surface area contributed by atoms with Gasteiger partial charge in [0.05, 0.1) is 17.5 Å². The molecular weight excluding hydrogens is 323 g/mol. The maximum Gasteiger partial charge on any atom is 0.318 e. The van der Waals surface area contributed by atoms with E-state index < -0.39 is 42.0 Å². The quantitative estimate of drug-likeness (QED) is 0.449. The van der Waals surface area contributed by atoms with Crippen LogP contribution in [0, 0.1) is 17.3 Å². The van der Waals surface area contributed by atoms with Gasteiger partial charge in [-0.1, -0.05) is 54.9 Å². The van der Waals surface area contributed by atoms with Crippen LogP contribution in [0.2, 0.25) is 0 Å². The summed E-state index contributed by atoms with van der Waals surface area (Å²) in [6, 6.07) is 9.17. The van der Waals surface area contributed by atoms with Crippen LogP contribution in [0.5, 0.6) is 0 Å². The highest BCUT2D eigenvalue weighted by Gasteiger charge is 2.68. The van der Waals surface area contributed by atoms with Gasteiger partial charge in [-0.05, 0) is 0 Å². The number of ether oxygens (including phenoxy) is 1. The van der Waals surface area contributed by atoms with Gasteiger partial charge in [0, 0.05) is 21.9 Å². The Balaban J connectivity index is 1.94. The summed E-state index contributed by atoms with van der Waals surface area (Å²) in [5.74, 6) is -2.40. The van der Waals surface area contributed by atoms with Crippen molar-refractivity contribution in [3.05, 3.63) is 41.4 Å². The number of hydrogen-bond acceptors (Lipinski definition) is 4. The Kier molecular flexibility index (Phi) is 2.80. The van der Waals surface area contributed by atoms with Crippen molar-refractivity contribution >= 4 is 36.0 Å². The van der Waals surface area contributed by atoms with Crippen LogP contribution in [-0.4, -0.2) is 23.8 Å². The third-order valence-electron chi connectivity index (χ3n) is 5.24. The highest BCUT2D eigenvalue weighted by molar-refractivity contribution is 7.72. The molecule has 6 heteroatoms. The molecule has 4 nitrogen and oxygen atoms in total. The number of halogens is 1. The Bertz CT molecular complexity index is 772. The molecule has 3 heterocycles. The summed E-state index contributed by atoms with van der Waals surface area (Å²) >= 11 is 6.37. The highest BCUT2D eigenvalue weighted by Crippen LogP contribution is 2.71. The molecule has 114 valence electrons. The summed E-state index contributed by atoms with van der Waals surface area (Å²) in [4.78, 5) is 24.2. The van der Waals surface area contributed by atoms with Gasteiger partial charge in [0.15, 0.2) is 0 Å². The number of carbonyl (C=O) groups excluding carboxylic acids is 2. The van der Waals surface area contributed by atoms with Crippen LogP contribution >= 0.6 is 18.7 Å². The van der Waals surface area contributed by atoms with Crippen molar-refractivity contribution in [2.24, 2.45) is 17.3 Å². The lowest BCUT2D eigenvalue weighted by molar-refractivity contribution is -0.154. The first kappa shape index (κ1) is 14.2. The third kappa shape index (κ3) is 1.57. The Morgan fingerprint density at radius 1 is 1.23 bits per heavy atom. The van der Waals surface area contributed by atoms with E-state index >= 15 is 0 Å². The van der Waals surface area contributed by atoms with Gasteiger partial charge in [0.2, 0.25) is 0 Å². The monoisotopic (exact) mass is 336 g/mol. The van der Waals surface area contributed by atoms with Gasteiger partial charge >= 0.3 is 11.9 Å². The topological polar surface area (TPSA) is 60.4 Å². The van der Waals surface area contributed by atoms with E-state index in [0.29, 0.717) is 11.2 Å². The van der Waals surface area contributed by atoms with E-state index in [1.807, 2.05) is 37.3 Å². The lowest BCUT2D eigenvalue weighted by Gasteiger charge is -2.51. The molecule has 3 aliphatic heterocycles. The van der Waals surface area contributed by atoms with Gasteiger partial charge in [-0.3, -0.25) is 9.59 Å². The predicted molar refractivity (Wildman–Crippen MR) is 82.5 cm³/mol. The second kappa shape index (κ2) is 4.33. The first-order chi connectivity index (χ1) is 10.4. The largest absolute Gasteiger partial charge is 0.393 e. The minimum Gasteiger partial charge on any atom is -0.393 e. The van der Waals surface area contributed by atoms with Crippen LogP contribution in [-0.2, 0) is 18.9 Å². The number of cyclic esters (lactones) is 2. The Morgan fingerprint density at radius 3 is 2.59 bits per heavy atom. The van der Waals surface area contributed by atoms with Gasteiger partial charge in [0.1, 0.15) is 7.14 Å². The number of fused-ring (bicyclic) bond motifs is 1. The van der Waals surface area contributed by atoms with Gasteiger partial charge in [0.25, 0.3) is 0 Å². The summed E-state index contributed by atoms with van der Waals surface area (Å²) in [6.45, 7) is 1.81. The number of esters is 2. The lowest BCUT2D eigenvalue weighted by Crippen LogP contribution is -2.53. The molecule has 4 aliphatic rings. The van der Waals surface area contributed by atoms with Crippen molar-refractivity contribution in [2.75, 3.05) is 6.16 Å². The number of allylic oxidation sites excluding steroid dienone is 2. The molecule has 0 radical (unpaired) electrons. The predicted octanol–water partition coefficient (Wildman–Crippen LogP) is 2.52. The standard InChI is InChI=1S/C16H14ClO4P/c1-16-8-22(20,9-5-3-2-4-6-9)10(7-11(16)17)12-13(16)15(19)21-14(12)18/h2-7,10,12-13H,8H2,1H3. The van der Waals surface area contributed by atoms with E-state index in [-0.39, 0.29) is 0 Å². The van der Waals surface area contributed by atoms with Crippen molar-refractivity contribution in [3.63, 3.8) is 0 Å². The maximum atomic E-state index is 13.8. The second-order valence-electron chi connectivity index (χ2n) is 6.46. The summed E-state index contributed by atoms with van der Waals surface area (Å²) < 4.78 is 18.6. The smallest absolute Gasteiger partial charge is 0.318 e. The first-order valence-corrected chi connectivity index (χ1v) is 9.49. The minimum absolute atomic E-state index is 0.299. The van der Waals surface area contributed by atoms with Crippen molar-refractivity contribution in [2.45, 2.75) is 12.6 Å². The van der Waals surface area contributed by atoms with Gasteiger partial charge < -0.3 is 9.30 Å². The maximum absolute atomic E-state index is 13.8. The molecule has 2 saturated heterocycles. The second-order valence-corrected chi connectivity index (χ2v) is 9.88. The van der Waals surface area contributed by atoms with Crippen molar-refractivity contribution in [1.82, 2.24) is 0 Å². The lowest BCUT2D eigenvalue weighted by atomic mass is 9.67. The van der Waals surface area contributed by atoms with Gasteiger partial charge in [-0.2, -0.15) is 0 Å². The zero-order valence-electron chi connectivity index (χ0n) is 11.9. The molecule has 1 aromatic carbocycles. The molecule has 2 bridgehead atoms. The SMILES string of the molecule is CC12CP(=O)(c3ccccc3)C(C=C1Cl)C1C(=O)OC(=O)C12. The van der Waals surface area contributed by atoms with E-state index in [2.05, 4.69) is 0 Å². The summed E-state index contributed by atoms with van der Waals surface area (Å²) in [6.07, 6.45) is 2.02. The van der Waals surface area contributed by atoms with Gasteiger partial charge in [-0.25, -0.2) is 0 Å². The molecule has 0 spiro atoms. The van der Waals surface area contributed by atoms with E-state index in [1.165, 1.54) is 0 Å². The fraction of sp³-hybridized carbons (Fsp3) is 0.375. The van der Waals surface area contributed by atoms with Crippen molar-refractivity contribution < 1.29 is 18.9 Å². The molecule has 0 N–H and O–H groups in total.